The number of likely N-dealkylation sites (tertiary alicyclic amines) is 1. The zero-order chi connectivity index (χ0) is 13.3. The predicted molar refractivity (Wildman–Crippen MR) is 69.5 cm³/mol. The van der Waals surface area contributed by atoms with Crippen molar-refractivity contribution in [2.45, 2.75) is 57.4 Å². The number of nitrogens with zero attached hydrogens (tertiary/aromatic N) is 1. The lowest BCUT2D eigenvalue weighted by Gasteiger charge is -2.35. The maximum absolute atomic E-state index is 12.4. The number of carbonyl (C=O) groups is 1. The van der Waals surface area contributed by atoms with E-state index in [-0.39, 0.29) is 11.3 Å². The Kier molecular flexibility index (Phi) is 3.99. The van der Waals surface area contributed by atoms with Crippen molar-refractivity contribution in [3.05, 3.63) is 0 Å². The molecule has 6 heteroatoms. The average molecular weight is 254 g/mol. The van der Waals surface area contributed by atoms with Crippen LogP contribution in [0.3, 0.4) is 0 Å². The second kappa shape index (κ2) is 5.19. The second-order valence-electron chi connectivity index (χ2n) is 5.99. The molecular weight excluding hydrogens is 231 g/mol. The summed E-state index contributed by atoms with van der Waals surface area (Å²) in [4.78, 5) is 14.0. The summed E-state index contributed by atoms with van der Waals surface area (Å²) in [6, 6.07) is -0.514. The van der Waals surface area contributed by atoms with Gasteiger partial charge in [0.1, 0.15) is 0 Å². The fourth-order valence-corrected chi connectivity index (χ4v) is 3.35. The molecule has 2 rings (SSSR count). The van der Waals surface area contributed by atoms with Crippen molar-refractivity contribution in [1.29, 1.82) is 0 Å². The van der Waals surface area contributed by atoms with Crippen LogP contribution < -0.4 is 5.73 Å². The molecule has 102 valence electrons. The first-order valence-corrected chi connectivity index (χ1v) is 6.88. The Bertz CT molecular complexity index is 314. The first-order valence-electron chi connectivity index (χ1n) is 6.88. The molecule has 1 aliphatic heterocycles. The van der Waals surface area contributed by atoms with E-state index < -0.39 is 19.1 Å². The molecule has 0 spiro atoms. The van der Waals surface area contributed by atoms with E-state index in [9.17, 15) is 14.8 Å². The maximum Gasteiger partial charge on any atom is 0.475 e. The highest BCUT2D eigenvalue weighted by atomic mass is 16.4. The maximum atomic E-state index is 12.4. The van der Waals surface area contributed by atoms with E-state index in [1.165, 1.54) is 0 Å². The molecule has 0 aromatic rings. The van der Waals surface area contributed by atoms with E-state index in [1.807, 2.05) is 0 Å². The van der Waals surface area contributed by atoms with Crippen LogP contribution in [0.1, 0.15) is 45.4 Å². The summed E-state index contributed by atoms with van der Waals surface area (Å²) < 4.78 is 0. The highest BCUT2D eigenvalue weighted by Crippen LogP contribution is 2.40. The lowest BCUT2D eigenvalue weighted by atomic mass is 9.76. The summed E-state index contributed by atoms with van der Waals surface area (Å²) in [5.74, 6) is -0.594. The molecule has 0 aromatic carbocycles. The molecule has 0 aromatic heterocycles. The highest BCUT2D eigenvalue weighted by molar-refractivity contribution is 6.43. The third-order valence-corrected chi connectivity index (χ3v) is 4.69. The van der Waals surface area contributed by atoms with Gasteiger partial charge in [-0.25, -0.2) is 0 Å². The Morgan fingerprint density at radius 1 is 1.39 bits per heavy atom. The number of hydrogen-bond acceptors (Lipinski definition) is 4. The Labute approximate surface area is 108 Å². The summed E-state index contributed by atoms with van der Waals surface area (Å²) in [6.45, 7) is 2.66. The van der Waals surface area contributed by atoms with Gasteiger partial charge >= 0.3 is 7.12 Å². The van der Waals surface area contributed by atoms with Gasteiger partial charge in [-0.05, 0) is 31.1 Å². The van der Waals surface area contributed by atoms with Crippen LogP contribution >= 0.6 is 0 Å². The topological polar surface area (TPSA) is 86.8 Å². The number of carbonyl (C=O) groups excluding carboxylic acids is 1. The first-order chi connectivity index (χ1) is 8.46. The van der Waals surface area contributed by atoms with E-state index in [0.717, 1.165) is 32.1 Å². The predicted octanol–water partition coefficient (Wildman–Crippen LogP) is -0.103. The van der Waals surface area contributed by atoms with Gasteiger partial charge in [-0.15, -0.1) is 0 Å². The van der Waals surface area contributed by atoms with Crippen LogP contribution in [-0.2, 0) is 4.79 Å². The molecule has 1 amide bonds. The quantitative estimate of drug-likeness (QED) is 0.614. The summed E-state index contributed by atoms with van der Waals surface area (Å²) in [5, 5.41) is 18.6. The molecule has 2 atom stereocenters. The monoisotopic (exact) mass is 254 g/mol. The normalized spacial score (nSPS) is 28.4. The smallest absolute Gasteiger partial charge is 0.426 e. The molecule has 4 N–H and O–H groups in total. The van der Waals surface area contributed by atoms with Crippen LogP contribution in [0.15, 0.2) is 0 Å². The Morgan fingerprint density at radius 2 is 2.00 bits per heavy atom. The highest BCUT2D eigenvalue weighted by Gasteiger charge is 2.44. The fourth-order valence-electron chi connectivity index (χ4n) is 3.35. The van der Waals surface area contributed by atoms with E-state index in [1.54, 1.807) is 4.90 Å². The molecule has 2 aliphatic rings. The molecule has 1 saturated heterocycles. The molecule has 0 unspecified atom stereocenters. The zero-order valence-corrected chi connectivity index (χ0v) is 11.0. The summed E-state index contributed by atoms with van der Waals surface area (Å²) in [6.07, 6.45) is 5.69. The van der Waals surface area contributed by atoms with Crippen LogP contribution in [0.2, 0.25) is 0 Å². The molecule has 18 heavy (non-hydrogen) atoms. The molecule has 1 saturated carbocycles. The van der Waals surface area contributed by atoms with Gasteiger partial charge in [0.15, 0.2) is 0 Å². The molecular formula is C12H23BN2O3. The molecule has 1 heterocycles. The molecule has 5 nitrogen and oxygen atoms in total. The van der Waals surface area contributed by atoms with Crippen LogP contribution in [0.25, 0.3) is 0 Å². The third-order valence-electron chi connectivity index (χ3n) is 4.69. The van der Waals surface area contributed by atoms with E-state index in [0.29, 0.717) is 13.0 Å². The first kappa shape index (κ1) is 13.8. The minimum Gasteiger partial charge on any atom is -0.426 e. The minimum absolute atomic E-state index is 0.116. The summed E-state index contributed by atoms with van der Waals surface area (Å²) in [7, 11) is -1.46. The molecule has 0 radical (unpaired) electrons. The van der Waals surface area contributed by atoms with Gasteiger partial charge < -0.3 is 20.7 Å². The average Bonchev–Trinajstić information content (AvgIpc) is 2.96. The Hall–Kier alpha value is -0.585. The van der Waals surface area contributed by atoms with Crippen LogP contribution in [-0.4, -0.2) is 46.5 Å². The summed E-state index contributed by atoms with van der Waals surface area (Å²) in [5.41, 5.74) is 6.02. The number of amides is 1. The van der Waals surface area contributed by atoms with Crippen molar-refractivity contribution < 1.29 is 14.8 Å². The van der Waals surface area contributed by atoms with E-state index >= 15 is 0 Å². The zero-order valence-electron chi connectivity index (χ0n) is 11.0. The van der Waals surface area contributed by atoms with Crippen LogP contribution in [0, 0.1) is 5.41 Å². The SMILES string of the molecule is CC1([C@@H](N)C(=O)N2CCC[C@H]2B(O)O)CCCC1. The third kappa shape index (κ3) is 2.42. The summed E-state index contributed by atoms with van der Waals surface area (Å²) >= 11 is 0. The second-order valence-corrected chi connectivity index (χ2v) is 5.99. The van der Waals surface area contributed by atoms with Gasteiger partial charge in [-0.2, -0.15) is 0 Å². The van der Waals surface area contributed by atoms with Gasteiger partial charge in [0.25, 0.3) is 0 Å². The largest absolute Gasteiger partial charge is 0.475 e. The Balaban J connectivity index is 2.06. The van der Waals surface area contributed by atoms with Crippen molar-refractivity contribution >= 4 is 13.0 Å². The van der Waals surface area contributed by atoms with Crippen LogP contribution in [0.4, 0.5) is 0 Å². The lowest BCUT2D eigenvalue weighted by molar-refractivity contribution is -0.135. The number of hydrogen-bond donors (Lipinski definition) is 3. The van der Waals surface area contributed by atoms with Crippen LogP contribution in [0.5, 0.6) is 0 Å². The van der Waals surface area contributed by atoms with Gasteiger partial charge in [0, 0.05) is 6.54 Å². The number of nitrogens with two attached hydrogens (primary N) is 1. The molecule has 2 fully saturated rings. The van der Waals surface area contributed by atoms with Crippen molar-refractivity contribution in [3.63, 3.8) is 0 Å². The van der Waals surface area contributed by atoms with Crippen molar-refractivity contribution in [2.24, 2.45) is 11.1 Å². The van der Waals surface area contributed by atoms with Crippen molar-refractivity contribution in [2.75, 3.05) is 6.54 Å². The van der Waals surface area contributed by atoms with Crippen molar-refractivity contribution in [1.82, 2.24) is 4.90 Å². The molecule has 0 bridgehead atoms. The fraction of sp³-hybridized carbons (Fsp3) is 0.917. The van der Waals surface area contributed by atoms with Gasteiger partial charge in [0.05, 0.1) is 12.0 Å². The van der Waals surface area contributed by atoms with E-state index in [4.69, 9.17) is 5.73 Å². The van der Waals surface area contributed by atoms with Gasteiger partial charge in [-0.1, -0.05) is 19.8 Å². The van der Waals surface area contributed by atoms with Crippen molar-refractivity contribution in [3.8, 4) is 0 Å². The Morgan fingerprint density at radius 3 is 2.56 bits per heavy atom. The van der Waals surface area contributed by atoms with Gasteiger partial charge in [0.2, 0.25) is 5.91 Å². The lowest BCUT2D eigenvalue weighted by Crippen LogP contribution is -2.55. The van der Waals surface area contributed by atoms with Gasteiger partial charge in [-0.3, -0.25) is 4.79 Å². The standard InChI is InChI=1S/C12H23BN2O3/c1-12(6-2-3-7-12)10(14)11(16)15-8-4-5-9(15)13(17)18/h9-10,17-18H,2-8,14H2,1H3/t9-,10-/m0/s1. The van der Waals surface area contributed by atoms with E-state index in [2.05, 4.69) is 6.92 Å². The minimum atomic E-state index is -1.46. The molecule has 1 aliphatic carbocycles. The number of rotatable bonds is 3.